The number of nitrogens with one attached hydrogen (secondary N) is 3. The summed E-state index contributed by atoms with van der Waals surface area (Å²) in [6.07, 6.45) is 0.812. The average Bonchev–Trinajstić information content (AvgIpc) is 2.66. The Kier molecular flexibility index (Phi) is 8.15. The Bertz CT molecular complexity index is 761. The van der Waals surface area contributed by atoms with Gasteiger partial charge in [-0.2, -0.15) is 0 Å². The number of hydrogen-bond donors (Lipinski definition) is 3. The van der Waals surface area contributed by atoms with Crippen LogP contribution in [0, 0.1) is 0 Å². The summed E-state index contributed by atoms with van der Waals surface area (Å²) in [4.78, 5) is 16.3. The van der Waals surface area contributed by atoms with E-state index in [0.29, 0.717) is 12.1 Å². The zero-order chi connectivity index (χ0) is 18.8. The highest BCUT2D eigenvalue weighted by Crippen LogP contribution is 2.12. The van der Waals surface area contributed by atoms with E-state index in [1.54, 1.807) is 7.05 Å². The minimum Gasteiger partial charge on any atom is -0.357 e. The third-order valence-corrected chi connectivity index (χ3v) is 4.27. The van der Waals surface area contributed by atoms with Gasteiger partial charge in [0.15, 0.2) is 5.96 Å². The molecular weight excluding hydrogens is 392 g/mol. The molecule has 3 N–H and O–H groups in total. The molecule has 0 bridgehead atoms. The predicted octanol–water partition coefficient (Wildman–Crippen LogP) is 3.11. The third-order valence-electron chi connectivity index (χ3n) is 3.78. The summed E-state index contributed by atoms with van der Waals surface area (Å²) >= 11 is 3.48. The van der Waals surface area contributed by atoms with E-state index in [4.69, 9.17) is 0 Å². The maximum Gasteiger partial charge on any atom is 0.251 e. The van der Waals surface area contributed by atoms with Crippen molar-refractivity contribution in [3.05, 3.63) is 69.7 Å². The van der Waals surface area contributed by atoms with Crippen LogP contribution in [0.15, 0.2) is 58.0 Å². The van der Waals surface area contributed by atoms with Gasteiger partial charge in [-0.05, 0) is 48.7 Å². The maximum absolute atomic E-state index is 11.7. The number of carbonyl (C=O) groups excluding carboxylic acids is 1. The van der Waals surface area contributed by atoms with Gasteiger partial charge in [-0.15, -0.1) is 0 Å². The molecule has 2 rings (SSSR count). The van der Waals surface area contributed by atoms with Crippen molar-refractivity contribution in [2.75, 3.05) is 20.1 Å². The van der Waals surface area contributed by atoms with Crippen molar-refractivity contribution in [3.63, 3.8) is 0 Å². The largest absolute Gasteiger partial charge is 0.357 e. The molecule has 0 spiro atoms. The number of nitrogens with zero attached hydrogens (tertiary/aromatic N) is 1. The summed E-state index contributed by atoms with van der Waals surface area (Å²) in [6.45, 7) is 4.20. The Morgan fingerprint density at radius 3 is 2.58 bits per heavy atom. The number of rotatable bonds is 7. The fourth-order valence-electron chi connectivity index (χ4n) is 2.49. The first-order valence-corrected chi connectivity index (χ1v) is 9.49. The summed E-state index contributed by atoms with van der Waals surface area (Å²) in [6, 6.07) is 15.8. The van der Waals surface area contributed by atoms with Crippen LogP contribution < -0.4 is 16.0 Å². The second-order valence-corrected chi connectivity index (χ2v) is 6.70. The summed E-state index contributed by atoms with van der Waals surface area (Å²) < 4.78 is 1.05. The van der Waals surface area contributed by atoms with E-state index in [0.717, 1.165) is 41.1 Å². The molecule has 0 aliphatic carbocycles. The predicted molar refractivity (Wildman–Crippen MR) is 110 cm³/mol. The van der Waals surface area contributed by atoms with Gasteiger partial charge in [0, 0.05) is 30.2 Å². The molecule has 0 saturated heterocycles. The highest BCUT2D eigenvalue weighted by atomic mass is 79.9. The fourth-order valence-corrected chi connectivity index (χ4v) is 2.93. The summed E-state index contributed by atoms with van der Waals surface area (Å²) in [5.74, 6) is 0.721. The molecule has 0 aromatic heterocycles. The van der Waals surface area contributed by atoms with Gasteiger partial charge in [0.05, 0.1) is 6.54 Å². The van der Waals surface area contributed by atoms with Crippen LogP contribution in [-0.4, -0.2) is 32.0 Å². The quantitative estimate of drug-likeness (QED) is 0.479. The van der Waals surface area contributed by atoms with Crippen molar-refractivity contribution in [2.45, 2.75) is 19.9 Å². The number of carbonyl (C=O) groups is 1. The standard InChI is InChI=1S/C20H25BrN4O/c1-3-23-20(25-14-16-7-5-9-18(21)13-16)24-11-10-15-6-4-8-17(12-15)19(26)22-2/h4-9,12-13H,3,10-11,14H2,1-2H3,(H,22,26)(H2,23,24,25). The lowest BCUT2D eigenvalue weighted by molar-refractivity contribution is 0.0963. The first-order valence-electron chi connectivity index (χ1n) is 8.70. The molecule has 0 heterocycles. The van der Waals surface area contributed by atoms with E-state index in [1.807, 2.05) is 43.3 Å². The smallest absolute Gasteiger partial charge is 0.251 e. The molecular formula is C20H25BrN4O. The SMILES string of the molecule is CCNC(=NCc1cccc(Br)c1)NCCc1cccc(C(=O)NC)c1. The first kappa shape index (κ1) is 20.0. The van der Waals surface area contributed by atoms with Crippen molar-refractivity contribution in [1.29, 1.82) is 0 Å². The molecule has 0 fully saturated rings. The lowest BCUT2D eigenvalue weighted by Crippen LogP contribution is -2.38. The Morgan fingerprint density at radius 2 is 1.85 bits per heavy atom. The number of aliphatic imine (C=N–C) groups is 1. The average molecular weight is 417 g/mol. The topological polar surface area (TPSA) is 65.5 Å². The second-order valence-electron chi connectivity index (χ2n) is 5.78. The van der Waals surface area contributed by atoms with Gasteiger partial charge in [-0.25, -0.2) is 4.99 Å². The lowest BCUT2D eigenvalue weighted by Gasteiger charge is -2.12. The van der Waals surface area contributed by atoms with E-state index in [1.165, 1.54) is 0 Å². The fraction of sp³-hybridized carbons (Fsp3) is 0.300. The molecule has 0 atom stereocenters. The second kappa shape index (κ2) is 10.6. The maximum atomic E-state index is 11.7. The van der Waals surface area contributed by atoms with Crippen LogP contribution in [0.2, 0.25) is 0 Å². The minimum atomic E-state index is -0.0660. The Labute approximate surface area is 163 Å². The van der Waals surface area contributed by atoms with Crippen LogP contribution in [-0.2, 0) is 13.0 Å². The molecule has 138 valence electrons. The molecule has 0 radical (unpaired) electrons. The van der Waals surface area contributed by atoms with Gasteiger partial charge in [0.2, 0.25) is 0 Å². The first-order chi connectivity index (χ1) is 12.6. The van der Waals surface area contributed by atoms with Gasteiger partial charge in [0.25, 0.3) is 5.91 Å². The summed E-state index contributed by atoms with van der Waals surface area (Å²) in [7, 11) is 1.64. The zero-order valence-corrected chi connectivity index (χ0v) is 16.8. The number of amides is 1. The zero-order valence-electron chi connectivity index (χ0n) is 15.2. The summed E-state index contributed by atoms with van der Waals surface area (Å²) in [5.41, 5.74) is 2.94. The normalized spacial score (nSPS) is 11.1. The van der Waals surface area contributed by atoms with E-state index in [9.17, 15) is 4.79 Å². The number of benzene rings is 2. The van der Waals surface area contributed by atoms with Crippen LogP contribution in [0.3, 0.4) is 0 Å². The van der Waals surface area contributed by atoms with Crippen molar-refractivity contribution >= 4 is 27.8 Å². The molecule has 0 saturated carbocycles. The van der Waals surface area contributed by atoms with Crippen LogP contribution >= 0.6 is 15.9 Å². The van der Waals surface area contributed by atoms with Crippen LogP contribution in [0.25, 0.3) is 0 Å². The molecule has 0 aliphatic heterocycles. The summed E-state index contributed by atoms with van der Waals surface area (Å²) in [5, 5.41) is 9.25. The molecule has 1 amide bonds. The van der Waals surface area contributed by atoms with Crippen molar-refractivity contribution in [1.82, 2.24) is 16.0 Å². The van der Waals surface area contributed by atoms with E-state index in [2.05, 4.69) is 49.0 Å². The van der Waals surface area contributed by atoms with E-state index in [-0.39, 0.29) is 5.91 Å². The van der Waals surface area contributed by atoms with Crippen molar-refractivity contribution < 1.29 is 4.79 Å². The monoisotopic (exact) mass is 416 g/mol. The lowest BCUT2D eigenvalue weighted by atomic mass is 10.1. The van der Waals surface area contributed by atoms with Gasteiger partial charge < -0.3 is 16.0 Å². The van der Waals surface area contributed by atoms with E-state index < -0.39 is 0 Å². The molecule has 26 heavy (non-hydrogen) atoms. The van der Waals surface area contributed by atoms with Crippen molar-refractivity contribution in [2.24, 2.45) is 4.99 Å². The Morgan fingerprint density at radius 1 is 1.08 bits per heavy atom. The minimum absolute atomic E-state index is 0.0660. The van der Waals surface area contributed by atoms with Crippen LogP contribution in [0.5, 0.6) is 0 Å². The molecule has 0 aliphatic rings. The van der Waals surface area contributed by atoms with Gasteiger partial charge >= 0.3 is 0 Å². The van der Waals surface area contributed by atoms with Gasteiger partial charge in [-0.1, -0.05) is 40.2 Å². The van der Waals surface area contributed by atoms with E-state index >= 15 is 0 Å². The van der Waals surface area contributed by atoms with Crippen LogP contribution in [0.4, 0.5) is 0 Å². The highest BCUT2D eigenvalue weighted by Gasteiger charge is 2.04. The molecule has 2 aromatic rings. The Hall–Kier alpha value is -2.34. The van der Waals surface area contributed by atoms with Gasteiger partial charge in [-0.3, -0.25) is 4.79 Å². The molecule has 2 aromatic carbocycles. The molecule has 0 unspecified atom stereocenters. The third kappa shape index (κ3) is 6.52. The highest BCUT2D eigenvalue weighted by molar-refractivity contribution is 9.10. The number of guanidine groups is 1. The number of hydrogen-bond acceptors (Lipinski definition) is 2. The van der Waals surface area contributed by atoms with Gasteiger partial charge in [0.1, 0.15) is 0 Å². The molecule has 5 nitrogen and oxygen atoms in total. The molecule has 6 heteroatoms. The van der Waals surface area contributed by atoms with Crippen LogP contribution in [0.1, 0.15) is 28.4 Å². The Balaban J connectivity index is 1.92. The van der Waals surface area contributed by atoms with Crippen molar-refractivity contribution in [3.8, 4) is 0 Å². The number of halogens is 1.